The second kappa shape index (κ2) is 6.86. The molecule has 142 valence electrons. The van der Waals surface area contributed by atoms with Gasteiger partial charge in [-0.25, -0.2) is 8.42 Å². The molecule has 0 bridgehead atoms. The highest BCUT2D eigenvalue weighted by Gasteiger charge is 2.42. The van der Waals surface area contributed by atoms with Gasteiger partial charge in [0.15, 0.2) is 0 Å². The number of nitrogens with zero attached hydrogens (tertiary/aromatic N) is 3. The predicted molar refractivity (Wildman–Crippen MR) is 101 cm³/mol. The van der Waals surface area contributed by atoms with Crippen LogP contribution < -0.4 is 0 Å². The van der Waals surface area contributed by atoms with E-state index in [0.29, 0.717) is 13.1 Å². The zero-order chi connectivity index (χ0) is 18.3. The molecule has 0 aromatic carbocycles. The van der Waals surface area contributed by atoms with Crippen LogP contribution >= 0.6 is 0 Å². The van der Waals surface area contributed by atoms with E-state index in [0.717, 1.165) is 32.5 Å². The quantitative estimate of drug-likeness (QED) is 0.759. The minimum Gasteiger partial charge on any atom is -0.297 e. The number of piperazine rings is 1. The summed E-state index contributed by atoms with van der Waals surface area (Å²) in [4.78, 5) is 4.72. The molecule has 2 rings (SSSR count). The van der Waals surface area contributed by atoms with Crippen molar-refractivity contribution in [2.24, 2.45) is 0 Å². The van der Waals surface area contributed by atoms with Crippen molar-refractivity contribution < 1.29 is 8.42 Å². The van der Waals surface area contributed by atoms with Crippen LogP contribution in [0.3, 0.4) is 0 Å². The van der Waals surface area contributed by atoms with Gasteiger partial charge in [-0.05, 0) is 67.9 Å². The molecule has 2 aliphatic heterocycles. The Labute approximate surface area is 149 Å². The molecule has 2 fully saturated rings. The Morgan fingerprint density at radius 2 is 1.38 bits per heavy atom. The Morgan fingerprint density at radius 3 is 1.88 bits per heavy atom. The highest BCUT2D eigenvalue weighted by atomic mass is 32.2. The van der Waals surface area contributed by atoms with Gasteiger partial charge in [-0.2, -0.15) is 4.31 Å². The molecule has 5 nitrogen and oxygen atoms in total. The number of piperidine rings is 1. The number of hydrogen-bond donors (Lipinski definition) is 0. The summed E-state index contributed by atoms with van der Waals surface area (Å²) in [6, 6.07) is 0.0491. The minimum absolute atomic E-state index is 0.0325. The molecule has 0 N–H and O–H groups in total. The van der Waals surface area contributed by atoms with Gasteiger partial charge < -0.3 is 0 Å². The molecular formula is C18H37N3O2S. The summed E-state index contributed by atoms with van der Waals surface area (Å²) in [6.45, 7) is 19.1. The van der Waals surface area contributed by atoms with E-state index in [-0.39, 0.29) is 22.4 Å². The van der Waals surface area contributed by atoms with Crippen LogP contribution in [0.4, 0.5) is 0 Å². The van der Waals surface area contributed by atoms with Gasteiger partial charge in [0.2, 0.25) is 10.0 Å². The lowest BCUT2D eigenvalue weighted by molar-refractivity contribution is 0.0626. The van der Waals surface area contributed by atoms with Crippen LogP contribution in [-0.4, -0.2) is 77.6 Å². The Morgan fingerprint density at radius 1 is 0.833 bits per heavy atom. The van der Waals surface area contributed by atoms with Crippen molar-refractivity contribution in [3.8, 4) is 0 Å². The standard InChI is InChI=1S/C18H37N3O2S/c1-15-13-20(18(5,6)7)11-12-21(15)24(22,23)16-9-8-10-19(14-16)17(2,3)4/h15-16H,8-14H2,1-7H3. The maximum absolute atomic E-state index is 13.3. The van der Waals surface area contributed by atoms with Crippen molar-refractivity contribution in [2.75, 3.05) is 32.7 Å². The largest absolute Gasteiger partial charge is 0.297 e. The number of sulfonamides is 1. The highest BCUT2D eigenvalue weighted by Crippen LogP contribution is 2.28. The first-order valence-corrected chi connectivity index (χ1v) is 10.8. The van der Waals surface area contributed by atoms with Gasteiger partial charge in [-0.15, -0.1) is 0 Å². The lowest BCUT2D eigenvalue weighted by atomic mass is 10.0. The van der Waals surface area contributed by atoms with Gasteiger partial charge in [-0.1, -0.05) is 0 Å². The first-order valence-electron chi connectivity index (χ1n) is 9.34. The zero-order valence-corrected chi connectivity index (χ0v) is 17.5. The van der Waals surface area contributed by atoms with E-state index >= 15 is 0 Å². The molecule has 2 atom stereocenters. The fourth-order valence-corrected chi connectivity index (χ4v) is 6.03. The van der Waals surface area contributed by atoms with Crippen LogP contribution in [0.1, 0.15) is 61.3 Å². The van der Waals surface area contributed by atoms with E-state index in [1.54, 1.807) is 4.31 Å². The Balaban J connectivity index is 2.10. The third-order valence-electron chi connectivity index (χ3n) is 5.59. The van der Waals surface area contributed by atoms with Gasteiger partial charge in [0.1, 0.15) is 0 Å². The molecular weight excluding hydrogens is 322 g/mol. The van der Waals surface area contributed by atoms with Gasteiger partial charge in [0, 0.05) is 43.3 Å². The van der Waals surface area contributed by atoms with Crippen molar-refractivity contribution in [3.63, 3.8) is 0 Å². The van der Waals surface area contributed by atoms with E-state index in [2.05, 4.69) is 58.3 Å². The van der Waals surface area contributed by atoms with Crippen LogP contribution in [0.25, 0.3) is 0 Å². The summed E-state index contributed by atoms with van der Waals surface area (Å²) in [5, 5.41) is -0.255. The average molecular weight is 360 g/mol. The summed E-state index contributed by atoms with van der Waals surface area (Å²) < 4.78 is 28.3. The summed E-state index contributed by atoms with van der Waals surface area (Å²) in [7, 11) is -3.23. The molecule has 0 saturated carbocycles. The normalized spacial score (nSPS) is 29.8. The van der Waals surface area contributed by atoms with Crippen molar-refractivity contribution in [2.45, 2.75) is 83.7 Å². The number of hydrogen-bond acceptors (Lipinski definition) is 4. The Bertz CT molecular complexity index is 533. The van der Waals surface area contributed by atoms with E-state index in [9.17, 15) is 8.42 Å². The lowest BCUT2D eigenvalue weighted by Gasteiger charge is -2.47. The molecule has 2 heterocycles. The maximum atomic E-state index is 13.3. The molecule has 0 aliphatic carbocycles. The van der Waals surface area contributed by atoms with E-state index in [1.807, 2.05) is 0 Å². The summed E-state index contributed by atoms with van der Waals surface area (Å²) in [5.41, 5.74) is 0.128. The molecule has 2 aliphatic rings. The average Bonchev–Trinajstić information content (AvgIpc) is 2.45. The first kappa shape index (κ1) is 20.1. The molecule has 2 unspecified atom stereocenters. The monoisotopic (exact) mass is 359 g/mol. The third-order valence-corrected chi connectivity index (χ3v) is 8.01. The number of likely N-dealkylation sites (tertiary alicyclic amines) is 1. The maximum Gasteiger partial charge on any atom is 0.218 e. The van der Waals surface area contributed by atoms with Crippen LogP contribution in [0.2, 0.25) is 0 Å². The second-order valence-electron chi connectivity index (χ2n) is 9.50. The van der Waals surface area contributed by atoms with Crippen molar-refractivity contribution in [3.05, 3.63) is 0 Å². The summed E-state index contributed by atoms with van der Waals surface area (Å²) in [6.07, 6.45) is 1.76. The summed E-state index contributed by atoms with van der Waals surface area (Å²) >= 11 is 0. The van der Waals surface area contributed by atoms with Gasteiger partial charge in [-0.3, -0.25) is 9.80 Å². The van der Waals surface area contributed by atoms with Gasteiger partial charge in [0.25, 0.3) is 0 Å². The van der Waals surface area contributed by atoms with Gasteiger partial charge in [0.05, 0.1) is 5.25 Å². The predicted octanol–water partition coefficient (Wildman–Crippen LogP) is 2.38. The van der Waals surface area contributed by atoms with Crippen molar-refractivity contribution >= 4 is 10.0 Å². The van der Waals surface area contributed by atoms with Crippen LogP contribution in [0.15, 0.2) is 0 Å². The Kier molecular flexibility index (Phi) is 5.76. The topological polar surface area (TPSA) is 43.9 Å². The van der Waals surface area contributed by atoms with Crippen molar-refractivity contribution in [1.29, 1.82) is 0 Å². The van der Waals surface area contributed by atoms with Crippen molar-refractivity contribution in [1.82, 2.24) is 14.1 Å². The van der Waals surface area contributed by atoms with Crippen LogP contribution in [0.5, 0.6) is 0 Å². The zero-order valence-electron chi connectivity index (χ0n) is 16.7. The molecule has 0 aromatic heterocycles. The third kappa shape index (κ3) is 4.32. The van der Waals surface area contributed by atoms with Crippen LogP contribution in [0, 0.1) is 0 Å². The van der Waals surface area contributed by atoms with E-state index < -0.39 is 10.0 Å². The van der Waals surface area contributed by atoms with E-state index in [4.69, 9.17) is 0 Å². The molecule has 0 amide bonds. The fraction of sp³-hybridized carbons (Fsp3) is 1.00. The minimum atomic E-state index is -3.23. The molecule has 6 heteroatoms. The second-order valence-corrected chi connectivity index (χ2v) is 11.7. The molecule has 2 saturated heterocycles. The first-order chi connectivity index (χ1) is 10.8. The van der Waals surface area contributed by atoms with Gasteiger partial charge >= 0.3 is 0 Å². The Hall–Kier alpha value is -0.170. The van der Waals surface area contributed by atoms with Crippen LogP contribution in [-0.2, 0) is 10.0 Å². The summed E-state index contributed by atoms with van der Waals surface area (Å²) in [5.74, 6) is 0. The molecule has 0 aromatic rings. The SMILES string of the molecule is CC1CN(C(C)(C)C)CCN1S(=O)(=O)C1CCCN(C(C)(C)C)C1. The molecule has 0 radical (unpaired) electrons. The number of rotatable bonds is 2. The lowest BCUT2D eigenvalue weighted by Crippen LogP contribution is -2.61. The fourth-order valence-electron chi connectivity index (χ4n) is 3.91. The van der Waals surface area contributed by atoms with E-state index in [1.165, 1.54) is 0 Å². The molecule has 0 spiro atoms. The smallest absolute Gasteiger partial charge is 0.218 e. The molecule has 24 heavy (non-hydrogen) atoms. The highest BCUT2D eigenvalue weighted by molar-refractivity contribution is 7.89.